The zero-order valence-corrected chi connectivity index (χ0v) is 20.9. The lowest BCUT2D eigenvalue weighted by molar-refractivity contribution is 0.0616. The van der Waals surface area contributed by atoms with Gasteiger partial charge in [0.15, 0.2) is 0 Å². The number of benzene rings is 2. The maximum atomic E-state index is 13.7. The highest BCUT2D eigenvalue weighted by atomic mass is 16.3. The molecule has 0 aliphatic carbocycles. The summed E-state index contributed by atoms with van der Waals surface area (Å²) in [6.07, 6.45) is 8.85. The van der Waals surface area contributed by atoms with Crippen molar-refractivity contribution in [1.82, 2.24) is 4.90 Å². The van der Waals surface area contributed by atoms with Gasteiger partial charge in [-0.2, -0.15) is 0 Å². The molecule has 3 rings (SSSR count). The third-order valence-corrected chi connectivity index (χ3v) is 6.60. The first kappa shape index (κ1) is 25.7. The molecule has 34 heavy (non-hydrogen) atoms. The number of allylic oxidation sites excluding steroid dienone is 4. The molecule has 0 saturated carbocycles. The summed E-state index contributed by atoms with van der Waals surface area (Å²) in [5.74, 6) is -0.256. The minimum Gasteiger partial charge on any atom is -0.508 e. The number of fused-ring (bicyclic) bond motifs is 1. The third-order valence-electron chi connectivity index (χ3n) is 6.60. The highest BCUT2D eigenvalue weighted by Gasteiger charge is 2.35. The topological polar surface area (TPSA) is 60.8 Å². The lowest BCUT2D eigenvalue weighted by atomic mass is 9.86. The maximum absolute atomic E-state index is 13.7. The largest absolute Gasteiger partial charge is 0.508 e. The molecule has 5 heteroatoms. The molecule has 0 bridgehead atoms. The van der Waals surface area contributed by atoms with Gasteiger partial charge in [0, 0.05) is 18.2 Å². The highest BCUT2D eigenvalue weighted by molar-refractivity contribution is 6.33. The summed E-state index contributed by atoms with van der Waals surface area (Å²) in [5.41, 5.74) is 5.45. The quantitative estimate of drug-likeness (QED) is 0.387. The van der Waals surface area contributed by atoms with Crippen molar-refractivity contribution in [2.75, 3.05) is 0 Å². The van der Waals surface area contributed by atoms with Crippen molar-refractivity contribution < 1.29 is 15.0 Å². The number of hydrogen-bond donors (Lipinski definition) is 2. The van der Waals surface area contributed by atoms with Crippen molar-refractivity contribution in [2.45, 2.75) is 78.8 Å². The van der Waals surface area contributed by atoms with Crippen molar-refractivity contribution in [3.63, 3.8) is 0 Å². The molecule has 2 radical (unpaired) electrons. The number of rotatable bonds is 9. The number of aromatic hydroxyl groups is 2. The van der Waals surface area contributed by atoms with Crippen molar-refractivity contribution in [1.29, 1.82) is 0 Å². The highest BCUT2D eigenvalue weighted by Crippen LogP contribution is 2.39. The van der Waals surface area contributed by atoms with Crippen LogP contribution in [0.15, 0.2) is 53.6 Å². The van der Waals surface area contributed by atoms with Crippen molar-refractivity contribution in [3.8, 4) is 11.5 Å². The molecule has 1 heterocycles. The van der Waals surface area contributed by atoms with E-state index >= 15 is 0 Å². The van der Waals surface area contributed by atoms with Gasteiger partial charge >= 0.3 is 0 Å². The zero-order chi connectivity index (χ0) is 24.8. The molecule has 0 saturated heterocycles. The van der Waals surface area contributed by atoms with Crippen LogP contribution < -0.4 is 5.46 Å². The van der Waals surface area contributed by atoms with Crippen LogP contribution in [0.5, 0.6) is 11.5 Å². The summed E-state index contributed by atoms with van der Waals surface area (Å²) in [6.45, 7) is 8.71. The maximum Gasteiger partial charge on any atom is 0.258 e. The lowest BCUT2D eigenvalue weighted by Crippen LogP contribution is -2.46. The molecule has 1 aliphatic heterocycles. The van der Waals surface area contributed by atoms with Gasteiger partial charge in [-0.1, -0.05) is 66.4 Å². The number of nitrogens with zero attached hydrogens (tertiary/aromatic N) is 1. The molecule has 1 atom stereocenters. The van der Waals surface area contributed by atoms with Gasteiger partial charge in [-0.15, -0.1) is 0 Å². The SMILES string of the molecule is [B]c1ccccc1CN1C(=O)c2c(cc(O)c(C/C=C(\C)CCC=C(C)C)c2O)CC1CCC. The number of phenols is 2. The average Bonchev–Trinajstić information content (AvgIpc) is 2.77. The van der Waals surface area contributed by atoms with Gasteiger partial charge in [-0.3, -0.25) is 4.79 Å². The first-order chi connectivity index (χ1) is 16.2. The van der Waals surface area contributed by atoms with Crippen LogP contribution in [0.2, 0.25) is 0 Å². The third kappa shape index (κ3) is 5.94. The number of carbonyl (C=O) groups is 1. The summed E-state index contributed by atoms with van der Waals surface area (Å²) in [5, 5.41) is 21.8. The van der Waals surface area contributed by atoms with E-state index in [1.165, 1.54) is 11.1 Å². The van der Waals surface area contributed by atoms with Gasteiger partial charge in [0.2, 0.25) is 0 Å². The molecule has 178 valence electrons. The van der Waals surface area contributed by atoms with Gasteiger partial charge in [0.1, 0.15) is 19.3 Å². The lowest BCUT2D eigenvalue weighted by Gasteiger charge is -2.38. The fraction of sp³-hybridized carbons (Fsp3) is 0.414. The van der Waals surface area contributed by atoms with E-state index in [1.54, 1.807) is 6.07 Å². The Hall–Kier alpha value is -2.95. The molecule has 0 fully saturated rings. The van der Waals surface area contributed by atoms with Gasteiger partial charge in [-0.25, -0.2) is 0 Å². The fourth-order valence-corrected chi connectivity index (χ4v) is 4.64. The predicted octanol–water partition coefficient (Wildman–Crippen LogP) is 5.49. The molecule has 0 spiro atoms. The Bertz CT molecular complexity index is 1100. The Morgan fingerprint density at radius 1 is 1.18 bits per heavy atom. The number of hydrogen-bond acceptors (Lipinski definition) is 3. The zero-order valence-electron chi connectivity index (χ0n) is 20.9. The molecular formula is C29H36BNO3. The van der Waals surface area contributed by atoms with Gasteiger partial charge in [0.25, 0.3) is 5.91 Å². The second-order valence-corrected chi connectivity index (χ2v) is 9.61. The number of carbonyl (C=O) groups excluding carboxylic acids is 1. The molecule has 2 aromatic rings. The van der Waals surface area contributed by atoms with Crippen LogP contribution in [0.3, 0.4) is 0 Å². The second kappa shape index (κ2) is 11.5. The van der Waals surface area contributed by atoms with Crippen LogP contribution in [-0.4, -0.2) is 34.9 Å². The van der Waals surface area contributed by atoms with Crippen molar-refractivity contribution in [3.05, 3.63) is 75.9 Å². The summed E-state index contributed by atoms with van der Waals surface area (Å²) in [6, 6.07) is 9.24. The average molecular weight is 457 g/mol. The monoisotopic (exact) mass is 457 g/mol. The first-order valence-corrected chi connectivity index (χ1v) is 12.2. The summed E-state index contributed by atoms with van der Waals surface area (Å²) < 4.78 is 0. The summed E-state index contributed by atoms with van der Waals surface area (Å²) in [4.78, 5) is 15.5. The molecule has 1 aliphatic rings. The molecule has 2 N–H and O–H groups in total. The molecule has 1 unspecified atom stereocenters. The van der Waals surface area contributed by atoms with E-state index in [9.17, 15) is 15.0 Å². The second-order valence-electron chi connectivity index (χ2n) is 9.61. The summed E-state index contributed by atoms with van der Waals surface area (Å²) >= 11 is 0. The normalized spacial score (nSPS) is 15.9. The van der Waals surface area contributed by atoms with Gasteiger partial charge < -0.3 is 15.1 Å². The minimum atomic E-state index is -0.203. The van der Waals surface area contributed by atoms with Crippen LogP contribution in [0, 0.1) is 0 Å². The van der Waals surface area contributed by atoms with Crippen LogP contribution in [-0.2, 0) is 19.4 Å². The smallest absolute Gasteiger partial charge is 0.258 e. The van der Waals surface area contributed by atoms with Crippen LogP contribution in [0.1, 0.15) is 80.4 Å². The summed E-state index contributed by atoms with van der Waals surface area (Å²) in [7, 11) is 6.16. The molecular weight excluding hydrogens is 421 g/mol. The van der Waals surface area contributed by atoms with Gasteiger partial charge in [0.05, 0.1) is 5.56 Å². The van der Waals surface area contributed by atoms with Crippen LogP contribution >= 0.6 is 0 Å². The van der Waals surface area contributed by atoms with E-state index in [-0.39, 0.29) is 23.4 Å². The predicted molar refractivity (Wildman–Crippen MR) is 140 cm³/mol. The van der Waals surface area contributed by atoms with Crippen LogP contribution in [0.4, 0.5) is 0 Å². The first-order valence-electron chi connectivity index (χ1n) is 12.2. The Morgan fingerprint density at radius 2 is 1.91 bits per heavy atom. The number of phenolic OH excluding ortho intramolecular Hbond substituents is 2. The van der Waals surface area contributed by atoms with Crippen molar-refractivity contribution >= 4 is 19.2 Å². The number of amides is 1. The molecule has 1 amide bonds. The van der Waals surface area contributed by atoms with Crippen molar-refractivity contribution in [2.24, 2.45) is 0 Å². The Labute approximate surface area is 205 Å². The van der Waals surface area contributed by atoms with E-state index in [0.29, 0.717) is 41.5 Å². The Balaban J connectivity index is 1.91. The standard InChI is InChI=1S/C29H36BNO3/c1-5-9-23-16-22-17-26(32)24(15-14-20(4)11-8-10-19(2)3)28(33)27(22)29(34)31(23)18-21-12-6-7-13-25(21)30/h6-7,10,12-14,17,23,32-33H,5,8-9,11,15-16,18H2,1-4H3/b20-14+. The molecule has 2 aromatic carbocycles. The van der Waals surface area contributed by atoms with Crippen LogP contribution in [0.25, 0.3) is 0 Å². The van der Waals surface area contributed by atoms with E-state index in [1.807, 2.05) is 35.2 Å². The van der Waals surface area contributed by atoms with E-state index in [4.69, 9.17) is 7.85 Å². The minimum absolute atomic E-state index is 0.00789. The van der Waals surface area contributed by atoms with Gasteiger partial charge in [-0.05, 0) is 70.1 Å². The van der Waals surface area contributed by atoms with E-state index < -0.39 is 0 Å². The van der Waals surface area contributed by atoms with E-state index in [0.717, 1.165) is 31.2 Å². The fourth-order valence-electron chi connectivity index (χ4n) is 4.64. The molecule has 4 nitrogen and oxygen atoms in total. The Kier molecular flexibility index (Phi) is 8.65. The van der Waals surface area contributed by atoms with E-state index in [2.05, 4.69) is 33.8 Å². The molecule has 0 aromatic heterocycles. The Morgan fingerprint density at radius 3 is 2.59 bits per heavy atom.